The molecule has 0 fully saturated rings. The van der Waals surface area contributed by atoms with Crippen molar-refractivity contribution in [1.82, 2.24) is 0 Å². The predicted molar refractivity (Wildman–Crippen MR) is 78.2 cm³/mol. The van der Waals surface area contributed by atoms with E-state index in [1.807, 2.05) is 6.92 Å². The number of aromatic carboxylic acids is 1. The molecule has 2 rings (SSSR count). The lowest BCUT2D eigenvalue weighted by Gasteiger charge is -2.06. The van der Waals surface area contributed by atoms with Gasteiger partial charge in [0.05, 0.1) is 4.92 Å². The number of hydrogen-bond donors (Lipinski definition) is 1. The average molecular weight is 307 g/mol. The van der Waals surface area contributed by atoms with Crippen LogP contribution in [0.15, 0.2) is 24.3 Å². The van der Waals surface area contributed by atoms with Gasteiger partial charge in [-0.2, -0.15) is 0 Å². The number of benzene rings is 1. The number of ether oxygens (including phenoxy) is 1. The molecule has 1 N–H and O–H groups in total. The van der Waals surface area contributed by atoms with Gasteiger partial charge in [-0.3, -0.25) is 10.1 Å². The highest BCUT2D eigenvalue weighted by Crippen LogP contribution is 2.26. The standard InChI is InChI=1S/C14H13NO5S/c1-8-5-11(3-4-12(8)15(18)19)20-7-10-6-13(14(16)17)21-9(10)2/h3-6H,7H2,1-2H3,(H,16,17). The third-order valence-corrected chi connectivity index (χ3v) is 4.07. The Morgan fingerprint density at radius 2 is 2.10 bits per heavy atom. The van der Waals surface area contributed by atoms with Gasteiger partial charge < -0.3 is 9.84 Å². The van der Waals surface area contributed by atoms with E-state index in [0.29, 0.717) is 11.3 Å². The third-order valence-electron chi connectivity index (χ3n) is 2.99. The SMILES string of the molecule is Cc1cc(OCc2cc(C(=O)O)sc2C)ccc1[N+](=O)[O-]. The van der Waals surface area contributed by atoms with Gasteiger partial charge in [-0.25, -0.2) is 4.79 Å². The summed E-state index contributed by atoms with van der Waals surface area (Å²) in [6, 6.07) is 6.11. The molecule has 0 bridgehead atoms. The van der Waals surface area contributed by atoms with E-state index in [1.165, 1.54) is 23.5 Å². The van der Waals surface area contributed by atoms with Gasteiger partial charge in [-0.15, -0.1) is 11.3 Å². The maximum absolute atomic E-state index is 10.9. The normalized spacial score (nSPS) is 10.4. The highest BCUT2D eigenvalue weighted by Gasteiger charge is 2.13. The minimum atomic E-state index is -0.958. The van der Waals surface area contributed by atoms with E-state index in [1.54, 1.807) is 19.1 Å². The van der Waals surface area contributed by atoms with Crippen LogP contribution in [0.4, 0.5) is 5.69 Å². The molecule has 0 saturated carbocycles. The molecule has 7 heteroatoms. The molecule has 0 aliphatic rings. The number of aryl methyl sites for hydroxylation is 2. The molecule has 21 heavy (non-hydrogen) atoms. The first-order valence-electron chi connectivity index (χ1n) is 6.09. The van der Waals surface area contributed by atoms with Gasteiger partial charge in [-0.05, 0) is 32.0 Å². The van der Waals surface area contributed by atoms with Crippen molar-refractivity contribution in [2.24, 2.45) is 0 Å². The zero-order chi connectivity index (χ0) is 15.6. The van der Waals surface area contributed by atoms with Gasteiger partial charge >= 0.3 is 5.97 Å². The van der Waals surface area contributed by atoms with Crippen LogP contribution in [0.1, 0.15) is 25.7 Å². The molecule has 1 aromatic carbocycles. The molecule has 1 heterocycles. The Morgan fingerprint density at radius 1 is 1.38 bits per heavy atom. The van der Waals surface area contributed by atoms with Crippen LogP contribution in [0.25, 0.3) is 0 Å². The Hall–Kier alpha value is -2.41. The summed E-state index contributed by atoms with van der Waals surface area (Å²) in [6.45, 7) is 3.70. The second kappa shape index (κ2) is 5.92. The average Bonchev–Trinajstić information content (AvgIpc) is 2.77. The zero-order valence-corrected chi connectivity index (χ0v) is 12.3. The summed E-state index contributed by atoms with van der Waals surface area (Å²) in [6.07, 6.45) is 0. The van der Waals surface area contributed by atoms with Crippen LogP contribution < -0.4 is 4.74 Å². The van der Waals surface area contributed by atoms with Crippen LogP contribution in [0.3, 0.4) is 0 Å². The van der Waals surface area contributed by atoms with Crippen LogP contribution in [0, 0.1) is 24.0 Å². The summed E-state index contributed by atoms with van der Waals surface area (Å²) in [7, 11) is 0. The first-order valence-corrected chi connectivity index (χ1v) is 6.90. The van der Waals surface area contributed by atoms with Crippen molar-refractivity contribution in [3.05, 3.63) is 55.3 Å². The fourth-order valence-corrected chi connectivity index (χ4v) is 2.72. The van der Waals surface area contributed by atoms with Gasteiger partial charge in [0.2, 0.25) is 0 Å². The summed E-state index contributed by atoms with van der Waals surface area (Å²) in [5.41, 5.74) is 1.36. The van der Waals surface area contributed by atoms with Crippen molar-refractivity contribution in [3.63, 3.8) is 0 Å². The van der Waals surface area contributed by atoms with Crippen molar-refractivity contribution in [2.75, 3.05) is 0 Å². The molecule has 0 aliphatic heterocycles. The van der Waals surface area contributed by atoms with Gasteiger partial charge in [0.25, 0.3) is 5.69 Å². The first-order chi connectivity index (χ1) is 9.88. The van der Waals surface area contributed by atoms with E-state index >= 15 is 0 Å². The Morgan fingerprint density at radius 3 is 2.62 bits per heavy atom. The summed E-state index contributed by atoms with van der Waals surface area (Å²) in [5, 5.41) is 19.7. The number of nitrogens with zero attached hydrogens (tertiary/aromatic N) is 1. The quantitative estimate of drug-likeness (QED) is 0.674. The fourth-order valence-electron chi connectivity index (χ4n) is 1.85. The third kappa shape index (κ3) is 3.38. The van der Waals surface area contributed by atoms with E-state index < -0.39 is 10.9 Å². The van der Waals surface area contributed by atoms with Gasteiger partial charge in [0.1, 0.15) is 17.2 Å². The molecule has 0 saturated heterocycles. The summed E-state index contributed by atoms with van der Waals surface area (Å²) in [4.78, 5) is 22.3. The Labute approximate surface area is 124 Å². The van der Waals surface area contributed by atoms with Gasteiger partial charge in [0, 0.05) is 22.1 Å². The number of nitro benzene ring substituents is 1. The lowest BCUT2D eigenvalue weighted by Crippen LogP contribution is -1.97. The molecule has 0 radical (unpaired) electrons. The Balaban J connectivity index is 2.11. The summed E-state index contributed by atoms with van der Waals surface area (Å²) >= 11 is 1.20. The number of nitro groups is 1. The first kappa shape index (κ1) is 15.0. The van der Waals surface area contributed by atoms with Crippen molar-refractivity contribution < 1.29 is 19.6 Å². The lowest BCUT2D eigenvalue weighted by atomic mass is 10.2. The maximum Gasteiger partial charge on any atom is 0.345 e. The van der Waals surface area contributed by atoms with Crippen molar-refractivity contribution >= 4 is 23.0 Å². The van der Waals surface area contributed by atoms with E-state index in [0.717, 1.165) is 10.4 Å². The van der Waals surface area contributed by atoms with Crippen molar-refractivity contribution in [1.29, 1.82) is 0 Å². The monoisotopic (exact) mass is 307 g/mol. The number of carboxylic acids is 1. The minimum Gasteiger partial charge on any atom is -0.489 e. The molecule has 0 atom stereocenters. The number of carbonyl (C=O) groups is 1. The number of thiophene rings is 1. The molecule has 2 aromatic rings. The van der Waals surface area contributed by atoms with Crippen LogP contribution >= 0.6 is 11.3 Å². The summed E-state index contributed by atoms with van der Waals surface area (Å²) < 4.78 is 5.57. The molecule has 0 aliphatic carbocycles. The van der Waals surface area contributed by atoms with Crippen molar-refractivity contribution in [3.8, 4) is 5.75 Å². The largest absolute Gasteiger partial charge is 0.489 e. The smallest absolute Gasteiger partial charge is 0.345 e. The topological polar surface area (TPSA) is 89.7 Å². The van der Waals surface area contributed by atoms with Crippen LogP contribution in [0.2, 0.25) is 0 Å². The van der Waals surface area contributed by atoms with Gasteiger partial charge in [-0.1, -0.05) is 0 Å². The Bertz CT molecular complexity index is 707. The van der Waals surface area contributed by atoms with Crippen LogP contribution in [0.5, 0.6) is 5.75 Å². The second-order valence-corrected chi connectivity index (χ2v) is 5.75. The number of rotatable bonds is 5. The molecular weight excluding hydrogens is 294 g/mol. The number of hydrogen-bond acceptors (Lipinski definition) is 5. The minimum absolute atomic E-state index is 0.0437. The Kier molecular flexibility index (Phi) is 4.23. The molecule has 0 spiro atoms. The van der Waals surface area contributed by atoms with E-state index in [2.05, 4.69) is 0 Å². The molecular formula is C14H13NO5S. The second-order valence-electron chi connectivity index (χ2n) is 4.49. The molecule has 0 unspecified atom stereocenters. The molecule has 1 aromatic heterocycles. The van der Waals surface area contributed by atoms with E-state index in [-0.39, 0.29) is 17.2 Å². The molecule has 0 amide bonds. The molecule has 110 valence electrons. The van der Waals surface area contributed by atoms with E-state index in [4.69, 9.17) is 9.84 Å². The molecule has 6 nitrogen and oxygen atoms in total. The maximum atomic E-state index is 10.9. The van der Waals surface area contributed by atoms with Crippen molar-refractivity contribution in [2.45, 2.75) is 20.5 Å². The summed E-state index contributed by atoms with van der Waals surface area (Å²) in [5.74, 6) is -0.443. The van der Waals surface area contributed by atoms with Crippen LogP contribution in [-0.2, 0) is 6.61 Å². The highest BCUT2D eigenvalue weighted by molar-refractivity contribution is 7.14. The van der Waals surface area contributed by atoms with E-state index in [9.17, 15) is 14.9 Å². The fraction of sp³-hybridized carbons (Fsp3) is 0.214. The number of carboxylic acid groups (broad SMARTS) is 1. The van der Waals surface area contributed by atoms with Crippen LogP contribution in [-0.4, -0.2) is 16.0 Å². The highest BCUT2D eigenvalue weighted by atomic mass is 32.1. The predicted octanol–water partition coefficient (Wildman–Crippen LogP) is 3.55. The van der Waals surface area contributed by atoms with Gasteiger partial charge in [0.15, 0.2) is 0 Å². The zero-order valence-electron chi connectivity index (χ0n) is 11.5. The lowest BCUT2D eigenvalue weighted by molar-refractivity contribution is -0.385.